The minimum absolute atomic E-state index is 0.0459. The SMILES string of the molecule is COc1cc(C2NC(=S)NC(C)=C2C(=O)N2CCOCC2)ccc1O. The Morgan fingerprint density at radius 1 is 1.40 bits per heavy atom. The summed E-state index contributed by atoms with van der Waals surface area (Å²) < 4.78 is 10.5. The number of carbonyl (C=O) groups excluding carboxylic acids is 1. The molecule has 0 aliphatic carbocycles. The van der Waals surface area contributed by atoms with Crippen molar-refractivity contribution in [3.63, 3.8) is 0 Å². The van der Waals surface area contributed by atoms with E-state index in [1.54, 1.807) is 23.1 Å². The number of hydrogen-bond donors (Lipinski definition) is 3. The predicted molar refractivity (Wildman–Crippen MR) is 96.4 cm³/mol. The minimum Gasteiger partial charge on any atom is -0.504 e. The maximum Gasteiger partial charge on any atom is 0.254 e. The van der Waals surface area contributed by atoms with Gasteiger partial charge in [-0.05, 0) is 36.8 Å². The van der Waals surface area contributed by atoms with Gasteiger partial charge >= 0.3 is 0 Å². The quantitative estimate of drug-likeness (QED) is 0.693. The summed E-state index contributed by atoms with van der Waals surface area (Å²) in [5.41, 5.74) is 2.11. The molecule has 7 nitrogen and oxygen atoms in total. The van der Waals surface area contributed by atoms with Crippen LogP contribution in [0.15, 0.2) is 29.5 Å². The second-order valence-electron chi connectivity index (χ2n) is 5.91. The molecule has 2 heterocycles. The molecular formula is C17H21N3O4S. The average molecular weight is 363 g/mol. The molecule has 0 spiro atoms. The molecule has 1 atom stereocenters. The molecule has 134 valence electrons. The smallest absolute Gasteiger partial charge is 0.254 e. The van der Waals surface area contributed by atoms with Crippen LogP contribution in [0.25, 0.3) is 0 Å². The number of nitrogens with zero attached hydrogens (tertiary/aromatic N) is 1. The first-order valence-corrected chi connectivity index (χ1v) is 8.44. The van der Waals surface area contributed by atoms with Crippen molar-refractivity contribution in [3.8, 4) is 11.5 Å². The lowest BCUT2D eigenvalue weighted by Crippen LogP contribution is -2.49. The van der Waals surface area contributed by atoms with Gasteiger partial charge in [-0.3, -0.25) is 4.79 Å². The number of phenols is 1. The van der Waals surface area contributed by atoms with E-state index in [-0.39, 0.29) is 11.7 Å². The second kappa shape index (κ2) is 7.28. The van der Waals surface area contributed by atoms with E-state index in [1.807, 2.05) is 6.92 Å². The van der Waals surface area contributed by atoms with Crippen LogP contribution >= 0.6 is 12.2 Å². The molecule has 1 fully saturated rings. The van der Waals surface area contributed by atoms with E-state index in [9.17, 15) is 9.90 Å². The molecule has 1 unspecified atom stereocenters. The van der Waals surface area contributed by atoms with E-state index < -0.39 is 6.04 Å². The number of allylic oxidation sites excluding steroid dienone is 1. The Hall–Kier alpha value is -2.32. The summed E-state index contributed by atoms with van der Waals surface area (Å²) in [4.78, 5) is 14.9. The minimum atomic E-state index is -0.418. The fourth-order valence-electron chi connectivity index (χ4n) is 3.04. The van der Waals surface area contributed by atoms with Gasteiger partial charge in [0.1, 0.15) is 0 Å². The van der Waals surface area contributed by atoms with Crippen LogP contribution in [0.2, 0.25) is 0 Å². The van der Waals surface area contributed by atoms with E-state index in [4.69, 9.17) is 21.7 Å². The first-order chi connectivity index (χ1) is 12.0. The van der Waals surface area contributed by atoms with Gasteiger partial charge in [0, 0.05) is 18.8 Å². The normalized spacial score (nSPS) is 20.8. The number of benzene rings is 1. The molecule has 0 bridgehead atoms. The zero-order valence-electron chi connectivity index (χ0n) is 14.2. The number of methoxy groups -OCH3 is 1. The third kappa shape index (κ3) is 3.54. The van der Waals surface area contributed by atoms with Gasteiger partial charge in [0.15, 0.2) is 16.6 Å². The van der Waals surface area contributed by atoms with Gasteiger partial charge in [0.25, 0.3) is 5.91 Å². The first-order valence-electron chi connectivity index (χ1n) is 8.03. The van der Waals surface area contributed by atoms with E-state index in [1.165, 1.54) is 7.11 Å². The fraction of sp³-hybridized carbons (Fsp3) is 0.412. The Morgan fingerprint density at radius 3 is 2.80 bits per heavy atom. The average Bonchev–Trinajstić information content (AvgIpc) is 2.62. The highest BCUT2D eigenvalue weighted by Crippen LogP contribution is 2.34. The molecule has 0 aromatic heterocycles. The number of rotatable bonds is 3. The summed E-state index contributed by atoms with van der Waals surface area (Å²) in [6.45, 7) is 4.03. The zero-order chi connectivity index (χ0) is 18.0. The number of amides is 1. The molecule has 3 rings (SSSR count). The van der Waals surface area contributed by atoms with Crippen LogP contribution in [0.1, 0.15) is 18.5 Å². The summed E-state index contributed by atoms with van der Waals surface area (Å²) in [7, 11) is 1.49. The first kappa shape index (κ1) is 17.5. The van der Waals surface area contributed by atoms with Crippen molar-refractivity contribution in [2.75, 3.05) is 33.4 Å². The summed E-state index contributed by atoms with van der Waals surface area (Å²) in [6, 6.07) is 4.59. The molecule has 1 aromatic rings. The Balaban J connectivity index is 1.98. The van der Waals surface area contributed by atoms with Gasteiger partial charge in [-0.2, -0.15) is 0 Å². The molecule has 8 heteroatoms. The van der Waals surface area contributed by atoms with E-state index in [0.29, 0.717) is 42.7 Å². The van der Waals surface area contributed by atoms with Crippen molar-refractivity contribution in [1.82, 2.24) is 15.5 Å². The van der Waals surface area contributed by atoms with Gasteiger partial charge in [-0.15, -0.1) is 0 Å². The van der Waals surface area contributed by atoms with Crippen LogP contribution in [0.3, 0.4) is 0 Å². The maximum absolute atomic E-state index is 13.1. The molecule has 1 aromatic carbocycles. The largest absolute Gasteiger partial charge is 0.504 e. The molecule has 2 aliphatic rings. The van der Waals surface area contributed by atoms with E-state index in [2.05, 4.69) is 10.6 Å². The topological polar surface area (TPSA) is 83.1 Å². The molecule has 0 saturated carbocycles. The number of hydrogen-bond acceptors (Lipinski definition) is 5. The van der Waals surface area contributed by atoms with Gasteiger partial charge in [-0.25, -0.2) is 0 Å². The number of nitrogens with one attached hydrogen (secondary N) is 2. The standard InChI is InChI=1S/C17H21N3O4S/c1-10-14(16(22)20-5-7-24-8-6-20)15(19-17(25)18-10)11-3-4-12(21)13(9-11)23-2/h3-4,9,15,21H,5-8H2,1-2H3,(H2,18,19,25). The maximum atomic E-state index is 13.1. The van der Waals surface area contributed by atoms with Crippen molar-refractivity contribution in [2.45, 2.75) is 13.0 Å². The number of thiocarbonyl (C=S) groups is 1. The number of morpholine rings is 1. The van der Waals surface area contributed by atoms with Crippen LogP contribution in [-0.2, 0) is 9.53 Å². The van der Waals surface area contributed by atoms with Crippen LogP contribution < -0.4 is 15.4 Å². The zero-order valence-corrected chi connectivity index (χ0v) is 15.0. The lowest BCUT2D eigenvalue weighted by atomic mass is 9.94. The van der Waals surface area contributed by atoms with Crippen LogP contribution in [-0.4, -0.2) is 54.4 Å². The lowest BCUT2D eigenvalue weighted by molar-refractivity contribution is -0.131. The van der Waals surface area contributed by atoms with Gasteiger partial charge in [0.05, 0.1) is 31.9 Å². The Bertz CT molecular complexity index is 729. The van der Waals surface area contributed by atoms with E-state index in [0.717, 1.165) is 11.3 Å². The van der Waals surface area contributed by atoms with Crippen molar-refractivity contribution < 1.29 is 19.4 Å². The summed E-state index contributed by atoms with van der Waals surface area (Å²) in [6.07, 6.45) is 0. The Kier molecular flexibility index (Phi) is 5.10. The molecule has 0 radical (unpaired) electrons. The summed E-state index contributed by atoms with van der Waals surface area (Å²) in [5.74, 6) is 0.337. The van der Waals surface area contributed by atoms with Crippen molar-refractivity contribution >= 4 is 23.2 Å². The monoisotopic (exact) mass is 363 g/mol. The predicted octanol–water partition coefficient (Wildman–Crippen LogP) is 1.05. The van der Waals surface area contributed by atoms with Crippen molar-refractivity contribution in [1.29, 1.82) is 0 Å². The Labute approximate surface area is 151 Å². The molecule has 1 amide bonds. The number of phenolic OH excluding ortho intramolecular Hbond substituents is 1. The highest BCUT2D eigenvalue weighted by atomic mass is 32.1. The highest BCUT2D eigenvalue weighted by molar-refractivity contribution is 7.80. The molecule has 25 heavy (non-hydrogen) atoms. The molecular weight excluding hydrogens is 342 g/mol. The van der Waals surface area contributed by atoms with Crippen LogP contribution in [0.4, 0.5) is 0 Å². The summed E-state index contributed by atoms with van der Waals surface area (Å²) >= 11 is 5.26. The number of aromatic hydroxyl groups is 1. The van der Waals surface area contributed by atoms with Gasteiger partial charge in [-0.1, -0.05) is 6.07 Å². The highest BCUT2D eigenvalue weighted by Gasteiger charge is 2.33. The van der Waals surface area contributed by atoms with Gasteiger partial charge in [0.2, 0.25) is 0 Å². The van der Waals surface area contributed by atoms with E-state index >= 15 is 0 Å². The molecule has 1 saturated heterocycles. The third-order valence-corrected chi connectivity index (χ3v) is 4.55. The number of ether oxygens (including phenoxy) is 2. The van der Waals surface area contributed by atoms with Gasteiger partial charge < -0.3 is 30.1 Å². The molecule has 2 aliphatic heterocycles. The number of carbonyl (C=O) groups is 1. The van der Waals surface area contributed by atoms with Crippen LogP contribution in [0, 0.1) is 0 Å². The lowest BCUT2D eigenvalue weighted by Gasteiger charge is -2.35. The fourth-order valence-corrected chi connectivity index (χ4v) is 3.31. The summed E-state index contributed by atoms with van der Waals surface area (Å²) in [5, 5.41) is 16.5. The third-order valence-electron chi connectivity index (χ3n) is 4.33. The Morgan fingerprint density at radius 2 is 2.12 bits per heavy atom. The van der Waals surface area contributed by atoms with Crippen molar-refractivity contribution in [3.05, 3.63) is 35.0 Å². The van der Waals surface area contributed by atoms with Crippen molar-refractivity contribution in [2.24, 2.45) is 0 Å². The second-order valence-corrected chi connectivity index (χ2v) is 6.31. The van der Waals surface area contributed by atoms with Crippen LogP contribution in [0.5, 0.6) is 11.5 Å². The molecule has 3 N–H and O–H groups in total.